The lowest BCUT2D eigenvalue weighted by molar-refractivity contribution is 1.06. The number of nitrogens with zero attached hydrogens (tertiary/aromatic N) is 3. The second-order valence-electron chi connectivity index (χ2n) is 5.23. The van der Waals surface area contributed by atoms with Crippen molar-refractivity contribution in [1.29, 1.82) is 0 Å². The first-order valence-corrected chi connectivity index (χ1v) is 7.29. The van der Waals surface area contributed by atoms with Crippen molar-refractivity contribution in [3.63, 3.8) is 0 Å². The van der Waals surface area contributed by atoms with Gasteiger partial charge in [-0.1, -0.05) is 30.3 Å². The van der Waals surface area contributed by atoms with Gasteiger partial charge in [-0.2, -0.15) is 5.10 Å². The summed E-state index contributed by atoms with van der Waals surface area (Å²) in [5.74, 6) is 1.13. The van der Waals surface area contributed by atoms with Gasteiger partial charge in [0.1, 0.15) is 6.33 Å². The van der Waals surface area contributed by atoms with Gasteiger partial charge >= 0.3 is 0 Å². The highest BCUT2D eigenvalue weighted by atomic mass is 15.2. The van der Waals surface area contributed by atoms with E-state index < -0.39 is 0 Å². The maximum absolute atomic E-state index is 5.95. The van der Waals surface area contributed by atoms with E-state index in [9.17, 15) is 0 Å². The maximum atomic E-state index is 5.95. The summed E-state index contributed by atoms with van der Waals surface area (Å²) in [5, 5.41) is 9.81. The molecule has 0 saturated heterocycles. The molecule has 0 atom stereocenters. The average Bonchev–Trinajstić information content (AvgIpc) is 3.08. The van der Waals surface area contributed by atoms with E-state index in [1.165, 1.54) is 11.9 Å². The summed E-state index contributed by atoms with van der Waals surface area (Å²) in [6.07, 6.45) is 1.49. The number of anilines is 1. The number of aliphatic imine (C=N–C) groups is 1. The molecular formula is C17H18N6. The van der Waals surface area contributed by atoms with Crippen molar-refractivity contribution in [3.05, 3.63) is 66.0 Å². The zero-order valence-corrected chi connectivity index (χ0v) is 12.8. The molecule has 0 aliphatic carbocycles. The summed E-state index contributed by atoms with van der Waals surface area (Å²) in [5.41, 5.74) is 10.1. The Balaban J connectivity index is 1.68. The normalized spacial score (nSPS) is 11.4. The largest absolute Gasteiger partial charge is 0.370 e. The van der Waals surface area contributed by atoms with Crippen molar-refractivity contribution < 1.29 is 0 Å². The van der Waals surface area contributed by atoms with E-state index in [1.54, 1.807) is 0 Å². The lowest BCUT2D eigenvalue weighted by Crippen LogP contribution is -2.22. The highest BCUT2D eigenvalue weighted by Crippen LogP contribution is 2.16. The van der Waals surface area contributed by atoms with Crippen molar-refractivity contribution in [3.8, 4) is 11.4 Å². The van der Waals surface area contributed by atoms with E-state index in [4.69, 9.17) is 5.73 Å². The molecule has 4 N–H and O–H groups in total. The summed E-state index contributed by atoms with van der Waals surface area (Å²) in [7, 11) is 0. The Hall–Kier alpha value is -3.15. The van der Waals surface area contributed by atoms with Crippen molar-refractivity contribution in [2.24, 2.45) is 10.7 Å². The standard InChI is InChI=1S/C17H18N6/c1-12-4-2-7-15(8-12)22-17(18)19-10-13-5-3-6-14(9-13)16-20-11-21-23-16/h2-9,11H,10H2,1H3,(H3,18,19,22)(H,20,21,23). The van der Waals surface area contributed by atoms with Gasteiger partial charge in [0, 0.05) is 11.3 Å². The zero-order valence-electron chi connectivity index (χ0n) is 12.8. The summed E-state index contributed by atoms with van der Waals surface area (Å²) in [6, 6.07) is 16.0. The molecule has 23 heavy (non-hydrogen) atoms. The van der Waals surface area contributed by atoms with Crippen molar-refractivity contribution in [2.75, 3.05) is 5.32 Å². The van der Waals surface area contributed by atoms with Crippen LogP contribution in [0, 0.1) is 6.92 Å². The molecule has 0 saturated carbocycles. The molecule has 0 unspecified atom stereocenters. The molecule has 0 aliphatic rings. The fourth-order valence-electron chi connectivity index (χ4n) is 2.25. The Bertz CT molecular complexity index is 807. The van der Waals surface area contributed by atoms with Crippen LogP contribution < -0.4 is 11.1 Å². The average molecular weight is 306 g/mol. The van der Waals surface area contributed by atoms with Gasteiger partial charge in [0.05, 0.1) is 6.54 Å². The van der Waals surface area contributed by atoms with Gasteiger partial charge in [-0.15, -0.1) is 0 Å². The van der Waals surface area contributed by atoms with E-state index in [0.717, 1.165) is 22.6 Å². The molecule has 1 aromatic heterocycles. The van der Waals surface area contributed by atoms with Crippen LogP contribution in [0.3, 0.4) is 0 Å². The third-order valence-electron chi connectivity index (χ3n) is 3.34. The van der Waals surface area contributed by atoms with Crippen LogP contribution in [-0.2, 0) is 6.54 Å². The van der Waals surface area contributed by atoms with Gasteiger partial charge < -0.3 is 11.1 Å². The Morgan fingerprint density at radius 3 is 2.87 bits per heavy atom. The lowest BCUT2D eigenvalue weighted by Gasteiger charge is -2.06. The molecule has 0 radical (unpaired) electrons. The van der Waals surface area contributed by atoms with Crippen LogP contribution >= 0.6 is 0 Å². The van der Waals surface area contributed by atoms with Gasteiger partial charge in [0.15, 0.2) is 11.8 Å². The molecule has 1 heterocycles. The number of hydrogen-bond acceptors (Lipinski definition) is 3. The summed E-state index contributed by atoms with van der Waals surface area (Å²) < 4.78 is 0. The molecule has 6 heteroatoms. The van der Waals surface area contributed by atoms with E-state index >= 15 is 0 Å². The van der Waals surface area contributed by atoms with Crippen LogP contribution in [0.25, 0.3) is 11.4 Å². The number of aromatic amines is 1. The van der Waals surface area contributed by atoms with Crippen LogP contribution in [0.15, 0.2) is 59.9 Å². The van der Waals surface area contributed by atoms with Crippen molar-refractivity contribution in [1.82, 2.24) is 15.2 Å². The van der Waals surface area contributed by atoms with Crippen LogP contribution in [0.1, 0.15) is 11.1 Å². The fourth-order valence-corrected chi connectivity index (χ4v) is 2.25. The number of hydrogen-bond donors (Lipinski definition) is 3. The molecule has 0 amide bonds. The van der Waals surface area contributed by atoms with Crippen LogP contribution in [0.5, 0.6) is 0 Å². The summed E-state index contributed by atoms with van der Waals surface area (Å²) >= 11 is 0. The molecule has 0 fully saturated rings. The zero-order chi connectivity index (χ0) is 16.1. The first-order valence-electron chi connectivity index (χ1n) is 7.29. The first-order chi connectivity index (χ1) is 11.2. The minimum absolute atomic E-state index is 0.390. The molecule has 3 rings (SSSR count). The monoisotopic (exact) mass is 306 g/mol. The minimum Gasteiger partial charge on any atom is -0.370 e. The van der Waals surface area contributed by atoms with Crippen LogP contribution in [0.2, 0.25) is 0 Å². The predicted octanol–water partition coefficient (Wildman–Crippen LogP) is 2.71. The van der Waals surface area contributed by atoms with Crippen LogP contribution in [-0.4, -0.2) is 21.1 Å². The third-order valence-corrected chi connectivity index (χ3v) is 3.34. The summed E-state index contributed by atoms with van der Waals surface area (Å²) in [6.45, 7) is 2.53. The number of aryl methyl sites for hydroxylation is 1. The molecule has 3 aromatic rings. The van der Waals surface area contributed by atoms with Gasteiger partial charge in [-0.3, -0.25) is 5.10 Å². The number of benzene rings is 2. The molecule has 0 bridgehead atoms. The maximum Gasteiger partial charge on any atom is 0.193 e. The van der Waals surface area contributed by atoms with Crippen molar-refractivity contribution >= 4 is 11.6 Å². The Morgan fingerprint density at radius 2 is 2.09 bits per heavy atom. The Labute approximate surface area is 134 Å². The summed E-state index contributed by atoms with van der Waals surface area (Å²) in [4.78, 5) is 8.53. The molecule has 0 spiro atoms. The quantitative estimate of drug-likeness (QED) is 0.510. The third kappa shape index (κ3) is 3.94. The van der Waals surface area contributed by atoms with Gasteiger partial charge in [-0.05, 0) is 36.2 Å². The topological polar surface area (TPSA) is 92.0 Å². The highest BCUT2D eigenvalue weighted by Gasteiger charge is 2.02. The number of nitrogens with two attached hydrogens (primary N) is 1. The highest BCUT2D eigenvalue weighted by molar-refractivity contribution is 5.92. The lowest BCUT2D eigenvalue weighted by atomic mass is 10.1. The fraction of sp³-hybridized carbons (Fsp3) is 0.118. The van der Waals surface area contributed by atoms with E-state index in [2.05, 4.69) is 25.5 Å². The van der Waals surface area contributed by atoms with Gasteiger partial charge in [0.2, 0.25) is 0 Å². The SMILES string of the molecule is Cc1cccc(NC(N)=NCc2cccc(-c3ncn[nH]3)c2)c1. The number of aromatic nitrogens is 3. The molecular weight excluding hydrogens is 288 g/mol. The smallest absolute Gasteiger partial charge is 0.193 e. The first kappa shape index (κ1) is 14.8. The molecule has 0 aliphatic heterocycles. The number of nitrogens with one attached hydrogen (secondary N) is 2. The second-order valence-corrected chi connectivity index (χ2v) is 5.23. The van der Waals surface area contributed by atoms with E-state index in [-0.39, 0.29) is 0 Å². The number of guanidine groups is 1. The number of H-pyrrole nitrogens is 1. The predicted molar refractivity (Wildman–Crippen MR) is 91.9 cm³/mol. The molecule has 116 valence electrons. The Kier molecular flexibility index (Phi) is 4.33. The number of rotatable bonds is 4. The van der Waals surface area contributed by atoms with Crippen LogP contribution in [0.4, 0.5) is 5.69 Å². The van der Waals surface area contributed by atoms with E-state index in [0.29, 0.717) is 12.5 Å². The molecule has 2 aromatic carbocycles. The second kappa shape index (κ2) is 6.74. The van der Waals surface area contributed by atoms with Crippen molar-refractivity contribution in [2.45, 2.75) is 13.5 Å². The van der Waals surface area contributed by atoms with Gasteiger partial charge in [0.25, 0.3) is 0 Å². The minimum atomic E-state index is 0.390. The Morgan fingerprint density at radius 1 is 1.22 bits per heavy atom. The molecule has 6 nitrogen and oxygen atoms in total. The van der Waals surface area contributed by atoms with E-state index in [1.807, 2.05) is 55.5 Å². The van der Waals surface area contributed by atoms with Gasteiger partial charge in [-0.25, -0.2) is 9.98 Å².